The van der Waals surface area contributed by atoms with E-state index >= 15 is 0 Å². The standard InChI is InChI=1S/C21H25N3O5S/c1-21(2,3)29-20(27)24-19-22-11-14(30-19)9-10-15-16(23-17(15)25)18(26)28-12-13-7-5-4-6-8-13/h4-8,11,15-16H,9-10,12H2,1-3H3,(H,23,25)(H,22,24,27). The first-order valence-corrected chi connectivity index (χ1v) is 10.5. The number of carbonyl (C=O) groups excluding carboxylic acids is 3. The van der Waals surface area contributed by atoms with E-state index in [9.17, 15) is 14.4 Å². The summed E-state index contributed by atoms with van der Waals surface area (Å²) in [6, 6.07) is 8.75. The van der Waals surface area contributed by atoms with Crippen molar-refractivity contribution in [3.63, 3.8) is 0 Å². The Morgan fingerprint density at radius 1 is 1.23 bits per heavy atom. The van der Waals surface area contributed by atoms with Gasteiger partial charge in [0.25, 0.3) is 0 Å². The van der Waals surface area contributed by atoms with Crippen LogP contribution in [0.15, 0.2) is 36.5 Å². The van der Waals surface area contributed by atoms with Crippen LogP contribution in [0.3, 0.4) is 0 Å². The number of ether oxygens (including phenoxy) is 2. The maximum atomic E-state index is 12.3. The number of carbonyl (C=O) groups is 3. The Labute approximate surface area is 179 Å². The molecule has 0 bridgehead atoms. The van der Waals surface area contributed by atoms with E-state index in [1.807, 2.05) is 30.3 Å². The van der Waals surface area contributed by atoms with Gasteiger partial charge in [0.05, 0.1) is 5.92 Å². The summed E-state index contributed by atoms with van der Waals surface area (Å²) in [6.07, 6.45) is 2.14. The van der Waals surface area contributed by atoms with Gasteiger partial charge >= 0.3 is 12.1 Å². The number of aryl methyl sites for hydroxylation is 1. The second-order valence-corrected chi connectivity index (χ2v) is 9.10. The van der Waals surface area contributed by atoms with Gasteiger partial charge in [-0.05, 0) is 39.2 Å². The molecule has 1 saturated heterocycles. The number of amides is 2. The van der Waals surface area contributed by atoms with Crippen molar-refractivity contribution < 1.29 is 23.9 Å². The summed E-state index contributed by atoms with van der Waals surface area (Å²) < 4.78 is 10.5. The average molecular weight is 432 g/mol. The number of nitrogens with zero attached hydrogens (tertiary/aromatic N) is 1. The van der Waals surface area contributed by atoms with E-state index in [-0.39, 0.29) is 12.5 Å². The van der Waals surface area contributed by atoms with Crippen LogP contribution in [-0.4, -0.2) is 34.6 Å². The van der Waals surface area contributed by atoms with Crippen LogP contribution >= 0.6 is 11.3 Å². The van der Waals surface area contributed by atoms with Crippen molar-refractivity contribution in [2.75, 3.05) is 5.32 Å². The molecule has 0 radical (unpaired) electrons. The number of hydrogen-bond donors (Lipinski definition) is 2. The largest absolute Gasteiger partial charge is 0.459 e. The van der Waals surface area contributed by atoms with Crippen LogP contribution in [0.1, 0.15) is 37.6 Å². The van der Waals surface area contributed by atoms with Crippen LogP contribution in [-0.2, 0) is 32.1 Å². The third-order valence-electron chi connectivity index (χ3n) is 4.38. The molecule has 2 aromatic rings. The average Bonchev–Trinajstić information content (AvgIpc) is 3.10. The van der Waals surface area contributed by atoms with Crippen molar-refractivity contribution in [1.82, 2.24) is 10.3 Å². The topological polar surface area (TPSA) is 107 Å². The first-order valence-electron chi connectivity index (χ1n) is 9.67. The number of rotatable bonds is 7. The van der Waals surface area contributed by atoms with Gasteiger partial charge in [-0.2, -0.15) is 0 Å². The first-order chi connectivity index (χ1) is 14.2. The zero-order valence-corrected chi connectivity index (χ0v) is 18.0. The number of β-lactam (4-membered cyclic amide) rings is 1. The summed E-state index contributed by atoms with van der Waals surface area (Å²) in [6.45, 7) is 5.52. The lowest BCUT2D eigenvalue weighted by atomic mass is 9.86. The molecule has 160 valence electrons. The minimum absolute atomic E-state index is 0.159. The fourth-order valence-electron chi connectivity index (χ4n) is 2.93. The molecule has 9 heteroatoms. The number of nitrogens with one attached hydrogen (secondary N) is 2. The molecule has 1 aliphatic rings. The molecule has 2 heterocycles. The van der Waals surface area contributed by atoms with Crippen molar-refractivity contribution in [3.8, 4) is 0 Å². The highest BCUT2D eigenvalue weighted by atomic mass is 32.1. The van der Waals surface area contributed by atoms with E-state index in [1.54, 1.807) is 27.0 Å². The summed E-state index contributed by atoms with van der Waals surface area (Å²) in [5.74, 6) is -1.02. The quantitative estimate of drug-likeness (QED) is 0.515. The molecule has 1 aliphatic heterocycles. The van der Waals surface area contributed by atoms with Crippen molar-refractivity contribution in [2.45, 2.75) is 51.9 Å². The smallest absolute Gasteiger partial charge is 0.413 e. The number of anilines is 1. The van der Waals surface area contributed by atoms with Crippen LogP contribution in [0, 0.1) is 5.92 Å². The number of thiazole rings is 1. The van der Waals surface area contributed by atoms with Gasteiger partial charge in [0.2, 0.25) is 5.91 Å². The lowest BCUT2D eigenvalue weighted by molar-refractivity contribution is -0.159. The molecule has 3 rings (SSSR count). The van der Waals surface area contributed by atoms with E-state index in [0.717, 1.165) is 10.4 Å². The molecule has 2 atom stereocenters. The molecule has 1 fully saturated rings. The van der Waals surface area contributed by atoms with Gasteiger partial charge in [0, 0.05) is 11.1 Å². The lowest BCUT2D eigenvalue weighted by Crippen LogP contribution is -2.62. The van der Waals surface area contributed by atoms with Gasteiger partial charge in [-0.1, -0.05) is 30.3 Å². The molecule has 2 N–H and O–H groups in total. The van der Waals surface area contributed by atoms with Gasteiger partial charge < -0.3 is 14.8 Å². The molecule has 1 aromatic heterocycles. The fraction of sp³-hybridized carbons (Fsp3) is 0.429. The Kier molecular flexibility index (Phi) is 6.71. The number of hydrogen-bond acceptors (Lipinski definition) is 7. The lowest BCUT2D eigenvalue weighted by Gasteiger charge is -2.34. The molecule has 8 nitrogen and oxygen atoms in total. The number of aromatic nitrogens is 1. The second kappa shape index (κ2) is 9.25. The number of esters is 1. The van der Waals surface area contributed by atoms with E-state index in [1.165, 1.54) is 11.3 Å². The van der Waals surface area contributed by atoms with Crippen molar-refractivity contribution in [2.24, 2.45) is 5.92 Å². The minimum Gasteiger partial charge on any atom is -0.459 e. The van der Waals surface area contributed by atoms with Gasteiger partial charge in [0.15, 0.2) is 5.13 Å². The number of benzene rings is 1. The van der Waals surface area contributed by atoms with Crippen LogP contribution in [0.5, 0.6) is 0 Å². The molecule has 2 unspecified atom stereocenters. The van der Waals surface area contributed by atoms with E-state index in [0.29, 0.717) is 18.0 Å². The maximum Gasteiger partial charge on any atom is 0.413 e. The molecule has 1 aromatic carbocycles. The van der Waals surface area contributed by atoms with Crippen LogP contribution in [0.2, 0.25) is 0 Å². The normalized spacial score (nSPS) is 18.2. The minimum atomic E-state index is -0.631. The van der Waals surface area contributed by atoms with Gasteiger partial charge in [0.1, 0.15) is 18.2 Å². The third-order valence-corrected chi connectivity index (χ3v) is 5.35. The Morgan fingerprint density at radius 2 is 1.97 bits per heavy atom. The van der Waals surface area contributed by atoms with E-state index in [4.69, 9.17) is 9.47 Å². The fourth-order valence-corrected chi connectivity index (χ4v) is 3.74. The van der Waals surface area contributed by atoms with Crippen molar-refractivity contribution in [3.05, 3.63) is 47.0 Å². The zero-order chi connectivity index (χ0) is 21.7. The Bertz CT molecular complexity index is 907. The Morgan fingerprint density at radius 3 is 2.63 bits per heavy atom. The van der Waals surface area contributed by atoms with Crippen LogP contribution in [0.4, 0.5) is 9.93 Å². The summed E-state index contributed by atoms with van der Waals surface area (Å²) in [7, 11) is 0. The van der Waals surface area contributed by atoms with Crippen molar-refractivity contribution in [1.29, 1.82) is 0 Å². The third kappa shape index (κ3) is 6.03. The molecule has 0 spiro atoms. The second-order valence-electron chi connectivity index (χ2n) is 7.98. The van der Waals surface area contributed by atoms with E-state index < -0.39 is 29.6 Å². The molecular formula is C21H25N3O5S. The van der Waals surface area contributed by atoms with Gasteiger partial charge in [-0.3, -0.25) is 10.1 Å². The highest BCUT2D eigenvalue weighted by molar-refractivity contribution is 7.15. The predicted molar refractivity (Wildman–Crippen MR) is 112 cm³/mol. The van der Waals surface area contributed by atoms with Gasteiger partial charge in [-0.25, -0.2) is 14.6 Å². The monoisotopic (exact) mass is 431 g/mol. The first kappa shape index (κ1) is 21.8. The summed E-state index contributed by atoms with van der Waals surface area (Å²) >= 11 is 1.31. The Balaban J connectivity index is 1.46. The molecule has 0 aliphatic carbocycles. The molecule has 0 saturated carbocycles. The zero-order valence-electron chi connectivity index (χ0n) is 17.1. The molecule has 2 amide bonds. The Hall–Kier alpha value is -2.94. The molecular weight excluding hydrogens is 406 g/mol. The predicted octanol–water partition coefficient (Wildman–Crippen LogP) is 3.28. The van der Waals surface area contributed by atoms with Crippen molar-refractivity contribution >= 4 is 34.4 Å². The SMILES string of the molecule is CC(C)(C)OC(=O)Nc1ncc(CCC2C(=O)NC2C(=O)OCc2ccccc2)s1. The molecule has 30 heavy (non-hydrogen) atoms. The summed E-state index contributed by atoms with van der Waals surface area (Å²) in [5.41, 5.74) is 0.300. The highest BCUT2D eigenvalue weighted by Crippen LogP contribution is 2.26. The summed E-state index contributed by atoms with van der Waals surface area (Å²) in [4.78, 5) is 41.1. The van der Waals surface area contributed by atoms with E-state index in [2.05, 4.69) is 15.6 Å². The van der Waals surface area contributed by atoms with Crippen LogP contribution < -0.4 is 10.6 Å². The summed E-state index contributed by atoms with van der Waals surface area (Å²) in [5, 5.41) is 5.64. The van der Waals surface area contributed by atoms with Crippen LogP contribution in [0.25, 0.3) is 0 Å². The highest BCUT2D eigenvalue weighted by Gasteiger charge is 2.44. The van der Waals surface area contributed by atoms with Gasteiger partial charge in [-0.15, -0.1) is 11.3 Å². The maximum absolute atomic E-state index is 12.3.